The lowest BCUT2D eigenvalue weighted by Crippen LogP contribution is -2.52. The van der Waals surface area contributed by atoms with Gasteiger partial charge in [0.25, 0.3) is 0 Å². The second-order valence-electron chi connectivity index (χ2n) is 5.59. The summed E-state index contributed by atoms with van der Waals surface area (Å²) in [4.78, 5) is 25.5. The van der Waals surface area contributed by atoms with Gasteiger partial charge >= 0.3 is 6.03 Å². The van der Waals surface area contributed by atoms with Gasteiger partial charge in [-0.15, -0.1) is 0 Å². The highest BCUT2D eigenvalue weighted by molar-refractivity contribution is 5.95. The molecular formula is C13H24N4O2. The number of carbonyl (C=O) groups is 2. The van der Waals surface area contributed by atoms with Gasteiger partial charge in [-0.25, -0.2) is 4.79 Å². The number of nitrogens with zero attached hydrogens (tertiary/aromatic N) is 1. The number of nitrogens with two attached hydrogens (primary N) is 1. The smallest absolute Gasteiger partial charge is 0.321 e. The Labute approximate surface area is 114 Å². The van der Waals surface area contributed by atoms with Crippen LogP contribution in [0.4, 0.5) is 4.79 Å². The summed E-state index contributed by atoms with van der Waals surface area (Å²) in [5.74, 6) is -0.221. The number of fused-ring (bicyclic) bond motifs is 2. The van der Waals surface area contributed by atoms with Crippen molar-refractivity contribution in [2.75, 3.05) is 13.1 Å². The predicted molar refractivity (Wildman–Crippen MR) is 72.6 cm³/mol. The molecule has 2 bridgehead atoms. The molecule has 2 rings (SSSR count). The first-order chi connectivity index (χ1) is 9.10. The van der Waals surface area contributed by atoms with Crippen molar-refractivity contribution in [3.8, 4) is 0 Å². The number of nitrogens with one attached hydrogen (secondary N) is 2. The Balaban J connectivity index is 1.78. The average molecular weight is 268 g/mol. The molecule has 0 aromatic heterocycles. The summed E-state index contributed by atoms with van der Waals surface area (Å²) >= 11 is 0. The predicted octanol–water partition coefficient (Wildman–Crippen LogP) is 0.176. The number of urea groups is 1. The van der Waals surface area contributed by atoms with Crippen molar-refractivity contribution in [2.24, 2.45) is 5.73 Å². The van der Waals surface area contributed by atoms with E-state index in [1.807, 2.05) is 6.92 Å². The van der Waals surface area contributed by atoms with Crippen LogP contribution in [0.25, 0.3) is 0 Å². The van der Waals surface area contributed by atoms with Gasteiger partial charge in [0.2, 0.25) is 5.91 Å². The first kappa shape index (κ1) is 14.3. The number of imide groups is 1. The summed E-state index contributed by atoms with van der Waals surface area (Å²) in [5.41, 5.74) is 5.99. The van der Waals surface area contributed by atoms with Crippen molar-refractivity contribution in [1.29, 1.82) is 0 Å². The van der Waals surface area contributed by atoms with Crippen LogP contribution in [0.3, 0.4) is 0 Å². The third kappa shape index (κ3) is 3.67. The van der Waals surface area contributed by atoms with Gasteiger partial charge in [-0.05, 0) is 32.1 Å². The quantitative estimate of drug-likeness (QED) is 0.678. The first-order valence-corrected chi connectivity index (χ1v) is 7.19. The Hall–Kier alpha value is -1.14. The van der Waals surface area contributed by atoms with Gasteiger partial charge < -0.3 is 11.1 Å². The number of rotatable bonds is 4. The highest BCUT2D eigenvalue weighted by Crippen LogP contribution is 2.34. The maximum Gasteiger partial charge on any atom is 0.321 e. The van der Waals surface area contributed by atoms with E-state index in [1.165, 1.54) is 0 Å². The van der Waals surface area contributed by atoms with Crippen LogP contribution in [0.5, 0.6) is 0 Å². The topological polar surface area (TPSA) is 87.5 Å². The molecule has 0 aromatic carbocycles. The number of hydrogen-bond acceptors (Lipinski definition) is 4. The molecule has 2 fully saturated rings. The molecule has 2 aliphatic rings. The molecule has 4 N–H and O–H groups in total. The van der Waals surface area contributed by atoms with Gasteiger partial charge in [0.1, 0.15) is 0 Å². The third-order valence-electron chi connectivity index (χ3n) is 4.04. The van der Waals surface area contributed by atoms with Gasteiger partial charge in [0.05, 0.1) is 6.54 Å². The Bertz CT molecular complexity index is 334. The van der Waals surface area contributed by atoms with Crippen LogP contribution in [0.1, 0.15) is 39.0 Å². The van der Waals surface area contributed by atoms with E-state index in [0.717, 1.165) is 32.1 Å². The van der Waals surface area contributed by atoms with E-state index in [-0.39, 0.29) is 11.9 Å². The van der Waals surface area contributed by atoms with Crippen molar-refractivity contribution in [3.05, 3.63) is 0 Å². The fourth-order valence-electron chi connectivity index (χ4n) is 3.19. The summed E-state index contributed by atoms with van der Waals surface area (Å²) in [6.07, 6.45) is 5.02. The SMILES string of the molecule is CCCNC(=O)NC(=O)CN1C2CCC1CC(N)C2. The first-order valence-electron chi connectivity index (χ1n) is 7.19. The number of carbonyl (C=O) groups excluding carboxylic acids is 2. The second-order valence-corrected chi connectivity index (χ2v) is 5.59. The number of piperidine rings is 1. The molecule has 3 amide bonds. The van der Waals surface area contributed by atoms with Crippen LogP contribution in [0, 0.1) is 0 Å². The maximum atomic E-state index is 11.8. The lowest BCUT2D eigenvalue weighted by atomic mass is 9.98. The Morgan fingerprint density at radius 1 is 1.26 bits per heavy atom. The van der Waals surface area contributed by atoms with Crippen LogP contribution < -0.4 is 16.4 Å². The third-order valence-corrected chi connectivity index (χ3v) is 4.04. The van der Waals surface area contributed by atoms with Crippen LogP contribution in [0.2, 0.25) is 0 Å². The highest BCUT2D eigenvalue weighted by Gasteiger charge is 2.40. The van der Waals surface area contributed by atoms with E-state index in [4.69, 9.17) is 5.73 Å². The molecule has 0 aliphatic carbocycles. The number of hydrogen-bond donors (Lipinski definition) is 3. The van der Waals surface area contributed by atoms with Crippen LogP contribution >= 0.6 is 0 Å². The molecule has 0 saturated carbocycles. The largest absolute Gasteiger partial charge is 0.338 e. The highest BCUT2D eigenvalue weighted by atomic mass is 16.2. The van der Waals surface area contributed by atoms with Crippen LogP contribution in [-0.4, -0.2) is 48.1 Å². The average Bonchev–Trinajstić information content (AvgIpc) is 2.60. The summed E-state index contributed by atoms with van der Waals surface area (Å²) in [7, 11) is 0. The van der Waals surface area contributed by atoms with Crippen LogP contribution in [0.15, 0.2) is 0 Å². The molecule has 2 saturated heterocycles. The van der Waals surface area contributed by atoms with E-state index >= 15 is 0 Å². The van der Waals surface area contributed by atoms with Gasteiger partial charge in [-0.3, -0.25) is 15.0 Å². The Kier molecular flexibility index (Phi) is 4.76. The van der Waals surface area contributed by atoms with Gasteiger partial charge in [-0.1, -0.05) is 6.92 Å². The lowest BCUT2D eigenvalue weighted by Gasteiger charge is -2.37. The zero-order chi connectivity index (χ0) is 13.8. The molecule has 0 aromatic rings. The molecule has 0 spiro atoms. The molecular weight excluding hydrogens is 244 g/mol. The normalized spacial score (nSPS) is 30.1. The molecule has 6 heteroatoms. The second kappa shape index (κ2) is 6.34. The van der Waals surface area contributed by atoms with Crippen molar-refractivity contribution in [3.63, 3.8) is 0 Å². The fourth-order valence-corrected chi connectivity index (χ4v) is 3.19. The molecule has 2 atom stereocenters. The molecule has 6 nitrogen and oxygen atoms in total. The molecule has 2 heterocycles. The van der Waals surface area contributed by atoms with E-state index in [0.29, 0.717) is 25.2 Å². The minimum absolute atomic E-state index is 0.221. The van der Waals surface area contributed by atoms with Crippen molar-refractivity contribution < 1.29 is 9.59 Å². The van der Waals surface area contributed by atoms with Gasteiger partial charge in [-0.2, -0.15) is 0 Å². The van der Waals surface area contributed by atoms with E-state index in [1.54, 1.807) is 0 Å². The summed E-state index contributed by atoms with van der Waals surface area (Å²) in [6, 6.07) is 0.703. The summed E-state index contributed by atoms with van der Waals surface area (Å²) in [5, 5.41) is 5.02. The zero-order valence-electron chi connectivity index (χ0n) is 11.5. The minimum atomic E-state index is -0.395. The summed E-state index contributed by atoms with van der Waals surface area (Å²) < 4.78 is 0. The molecule has 2 unspecified atom stereocenters. The maximum absolute atomic E-state index is 11.8. The standard InChI is InChI=1S/C13H24N4O2/c1-2-5-15-13(19)16-12(18)8-17-10-3-4-11(17)7-9(14)6-10/h9-11H,2-8,14H2,1H3,(H2,15,16,18,19). The molecule has 2 aliphatic heterocycles. The fraction of sp³-hybridized carbons (Fsp3) is 0.846. The molecule has 0 radical (unpaired) electrons. The van der Waals surface area contributed by atoms with E-state index < -0.39 is 6.03 Å². The van der Waals surface area contributed by atoms with E-state index in [9.17, 15) is 9.59 Å². The van der Waals surface area contributed by atoms with Gasteiger partial charge in [0.15, 0.2) is 0 Å². The van der Waals surface area contributed by atoms with Crippen molar-refractivity contribution in [1.82, 2.24) is 15.5 Å². The molecule has 19 heavy (non-hydrogen) atoms. The summed E-state index contributed by atoms with van der Waals surface area (Å²) in [6.45, 7) is 2.86. The zero-order valence-corrected chi connectivity index (χ0v) is 11.5. The molecule has 108 valence electrons. The lowest BCUT2D eigenvalue weighted by molar-refractivity contribution is -0.122. The van der Waals surface area contributed by atoms with Crippen molar-refractivity contribution in [2.45, 2.75) is 57.2 Å². The Morgan fingerprint density at radius 3 is 2.47 bits per heavy atom. The minimum Gasteiger partial charge on any atom is -0.338 e. The number of amides is 3. The van der Waals surface area contributed by atoms with Crippen LogP contribution in [-0.2, 0) is 4.79 Å². The Morgan fingerprint density at radius 2 is 1.89 bits per heavy atom. The van der Waals surface area contributed by atoms with Crippen molar-refractivity contribution >= 4 is 11.9 Å². The van der Waals surface area contributed by atoms with E-state index in [2.05, 4.69) is 15.5 Å². The van der Waals surface area contributed by atoms with Gasteiger partial charge in [0, 0.05) is 24.7 Å². The monoisotopic (exact) mass is 268 g/mol.